The molecule has 2 fully saturated rings. The first-order valence-electron chi connectivity index (χ1n) is 33.8. The van der Waals surface area contributed by atoms with E-state index >= 15 is 0 Å². The Morgan fingerprint density at radius 1 is 0.405 bits per heavy atom. The van der Waals surface area contributed by atoms with Gasteiger partial charge in [0.2, 0.25) is 5.91 Å². The molecular weight excluding hydrogens is 1000 g/mol. The van der Waals surface area contributed by atoms with Crippen molar-refractivity contribution in [3.63, 3.8) is 0 Å². The van der Waals surface area contributed by atoms with E-state index < -0.39 is 86.8 Å². The minimum absolute atomic E-state index is 0.207. The molecule has 2 heterocycles. The van der Waals surface area contributed by atoms with Crippen LogP contribution in [0.3, 0.4) is 0 Å². The normalized spacial score (nSPS) is 24.3. The van der Waals surface area contributed by atoms with Crippen molar-refractivity contribution < 1.29 is 64.6 Å². The maximum atomic E-state index is 13.1. The quantitative estimate of drug-likeness (QED) is 0.0259. The molecule has 9 N–H and O–H groups in total. The van der Waals surface area contributed by atoms with Gasteiger partial charge in [-0.3, -0.25) is 4.79 Å². The van der Waals surface area contributed by atoms with E-state index in [9.17, 15) is 45.6 Å². The second-order valence-electron chi connectivity index (χ2n) is 24.3. The lowest BCUT2D eigenvalue weighted by Gasteiger charge is -2.46. The molecule has 0 spiro atoms. The van der Waals surface area contributed by atoms with Crippen molar-refractivity contribution in [2.45, 2.75) is 389 Å². The molecule has 14 nitrogen and oxygen atoms in total. The van der Waals surface area contributed by atoms with Crippen molar-refractivity contribution in [2.75, 3.05) is 19.8 Å². The Balaban J connectivity index is 1.43. The molecule has 2 aliphatic rings. The van der Waals surface area contributed by atoms with Gasteiger partial charge in [-0.2, -0.15) is 0 Å². The predicted molar refractivity (Wildman–Crippen MR) is 319 cm³/mol. The van der Waals surface area contributed by atoms with Gasteiger partial charge in [0, 0.05) is 6.42 Å². The van der Waals surface area contributed by atoms with Crippen LogP contribution in [0.4, 0.5) is 0 Å². The smallest absolute Gasteiger partial charge is 0.220 e. The van der Waals surface area contributed by atoms with Crippen molar-refractivity contribution in [3.8, 4) is 0 Å². The highest BCUT2D eigenvalue weighted by Crippen LogP contribution is 2.30. The largest absolute Gasteiger partial charge is 0.394 e. The van der Waals surface area contributed by atoms with Gasteiger partial charge in [-0.05, 0) is 12.8 Å². The Labute approximate surface area is 483 Å². The average molecular weight is 1130 g/mol. The molecule has 1 amide bonds. The van der Waals surface area contributed by atoms with Crippen molar-refractivity contribution in [3.05, 3.63) is 0 Å². The van der Waals surface area contributed by atoms with E-state index in [0.717, 1.165) is 57.8 Å². The number of carbonyl (C=O) groups excluding carboxylic acids is 1. The molecule has 0 aromatic heterocycles. The van der Waals surface area contributed by atoms with Crippen LogP contribution in [0.2, 0.25) is 0 Å². The van der Waals surface area contributed by atoms with Crippen LogP contribution in [-0.4, -0.2) is 140 Å². The molecule has 0 bridgehead atoms. The summed E-state index contributed by atoms with van der Waals surface area (Å²) < 4.78 is 22.7. The number of aliphatic hydroxyl groups excluding tert-OH is 8. The van der Waals surface area contributed by atoms with Crippen LogP contribution < -0.4 is 5.32 Å². The average Bonchev–Trinajstić information content (AvgIpc) is 3.48. The standard InChI is InChI=1S/C65H127NO13/c1-3-5-7-9-10-11-12-13-14-15-16-17-18-19-20-21-22-23-24-25-26-27-28-29-30-31-32-33-34-35-36-37-38-39-40-41-42-43-45-47-49-57(70)66-53(54(69)48-46-44-8-6-4-2)52-76-64-62(75)60(73)63(56(51-68)78-64)79-65-61(74)59(72)58(71)55(50-67)77-65/h53-56,58-65,67-69,71-75H,3-52H2,1-2H3,(H,66,70). The fraction of sp³-hybridized carbons (Fsp3) is 0.985. The van der Waals surface area contributed by atoms with E-state index in [0.29, 0.717) is 12.8 Å². The minimum atomic E-state index is -1.78. The number of hydrogen-bond acceptors (Lipinski definition) is 13. The summed E-state index contributed by atoms with van der Waals surface area (Å²) in [6, 6.07) is -0.820. The van der Waals surface area contributed by atoms with Crippen molar-refractivity contribution >= 4 is 5.91 Å². The van der Waals surface area contributed by atoms with Gasteiger partial charge in [-0.25, -0.2) is 0 Å². The third-order valence-electron chi connectivity index (χ3n) is 17.1. The lowest BCUT2D eigenvalue weighted by atomic mass is 9.97. The summed E-state index contributed by atoms with van der Waals surface area (Å²) in [6.07, 6.45) is 43.9. The Morgan fingerprint density at radius 3 is 1.08 bits per heavy atom. The third-order valence-corrected chi connectivity index (χ3v) is 17.1. The van der Waals surface area contributed by atoms with Crippen LogP contribution in [0, 0.1) is 0 Å². The van der Waals surface area contributed by atoms with E-state index in [1.807, 2.05) is 0 Å². The fourth-order valence-corrected chi connectivity index (χ4v) is 11.7. The van der Waals surface area contributed by atoms with Gasteiger partial charge < -0.3 is 65.1 Å². The lowest BCUT2D eigenvalue weighted by Crippen LogP contribution is -2.65. The molecule has 0 aromatic rings. The van der Waals surface area contributed by atoms with Crippen LogP contribution >= 0.6 is 0 Å². The van der Waals surface area contributed by atoms with Gasteiger partial charge in [0.15, 0.2) is 12.6 Å². The highest BCUT2D eigenvalue weighted by Gasteiger charge is 2.51. The Kier molecular flexibility index (Phi) is 48.2. The van der Waals surface area contributed by atoms with Crippen molar-refractivity contribution in [1.29, 1.82) is 0 Å². The van der Waals surface area contributed by atoms with Crippen LogP contribution in [0.1, 0.15) is 316 Å². The SMILES string of the molecule is CCCCCCCCCCCCCCCCCCCCCCCCCCCCCCCCCCCCCCCCCCC(=O)NC(COC1OC(CO)C(OC2OC(CO)C(O)C(O)C2O)C(O)C1O)C(O)CCCCCCC. The Bertz CT molecular complexity index is 1330. The first kappa shape index (κ1) is 74.1. The highest BCUT2D eigenvalue weighted by molar-refractivity contribution is 5.76. The summed E-state index contributed by atoms with van der Waals surface area (Å²) in [6.45, 7) is 2.79. The van der Waals surface area contributed by atoms with Gasteiger partial charge >= 0.3 is 0 Å². The number of nitrogens with one attached hydrogen (secondary N) is 1. The fourth-order valence-electron chi connectivity index (χ4n) is 11.7. The summed E-state index contributed by atoms with van der Waals surface area (Å²) in [5.74, 6) is -0.207. The summed E-state index contributed by atoms with van der Waals surface area (Å²) in [5.41, 5.74) is 0. The van der Waals surface area contributed by atoms with Gasteiger partial charge in [0.05, 0.1) is 32.0 Å². The van der Waals surface area contributed by atoms with Gasteiger partial charge in [0.1, 0.15) is 48.8 Å². The molecule has 12 unspecified atom stereocenters. The first-order valence-corrected chi connectivity index (χ1v) is 33.8. The molecule has 470 valence electrons. The van der Waals surface area contributed by atoms with Crippen molar-refractivity contribution in [1.82, 2.24) is 5.32 Å². The molecule has 2 saturated heterocycles. The van der Waals surface area contributed by atoms with Crippen LogP contribution in [0.5, 0.6) is 0 Å². The highest BCUT2D eigenvalue weighted by atomic mass is 16.7. The topological polar surface area (TPSA) is 228 Å². The number of carbonyl (C=O) groups is 1. The molecule has 12 atom stereocenters. The van der Waals surface area contributed by atoms with Gasteiger partial charge in [-0.1, -0.05) is 296 Å². The Morgan fingerprint density at radius 2 is 0.722 bits per heavy atom. The Hall–Kier alpha value is -1.01. The summed E-state index contributed by atoms with van der Waals surface area (Å²) in [7, 11) is 0. The summed E-state index contributed by atoms with van der Waals surface area (Å²) in [5, 5.41) is 86.6. The van der Waals surface area contributed by atoms with Crippen LogP contribution in [-0.2, 0) is 23.7 Å². The molecule has 79 heavy (non-hydrogen) atoms. The number of amides is 1. The first-order chi connectivity index (χ1) is 38.6. The van der Waals surface area contributed by atoms with E-state index in [1.54, 1.807) is 0 Å². The zero-order valence-electron chi connectivity index (χ0n) is 50.9. The third kappa shape index (κ3) is 36.4. The van der Waals surface area contributed by atoms with Gasteiger partial charge in [0.25, 0.3) is 0 Å². The van der Waals surface area contributed by atoms with Gasteiger partial charge in [-0.15, -0.1) is 0 Å². The molecule has 0 saturated carbocycles. The van der Waals surface area contributed by atoms with E-state index in [4.69, 9.17) is 18.9 Å². The number of hydrogen-bond donors (Lipinski definition) is 9. The summed E-state index contributed by atoms with van der Waals surface area (Å²) >= 11 is 0. The molecule has 2 aliphatic heterocycles. The number of aliphatic hydroxyl groups is 8. The molecule has 0 radical (unpaired) electrons. The summed E-state index contributed by atoms with van der Waals surface area (Å²) in [4.78, 5) is 13.1. The number of rotatable bonds is 56. The zero-order valence-corrected chi connectivity index (χ0v) is 50.9. The van der Waals surface area contributed by atoms with E-state index in [-0.39, 0.29) is 12.5 Å². The minimum Gasteiger partial charge on any atom is -0.394 e. The van der Waals surface area contributed by atoms with Crippen molar-refractivity contribution in [2.24, 2.45) is 0 Å². The molecule has 0 aromatic carbocycles. The number of ether oxygens (including phenoxy) is 4. The zero-order chi connectivity index (χ0) is 57.4. The van der Waals surface area contributed by atoms with E-state index in [1.165, 1.54) is 231 Å². The second kappa shape index (κ2) is 51.4. The maximum Gasteiger partial charge on any atom is 0.220 e. The van der Waals surface area contributed by atoms with E-state index in [2.05, 4.69) is 19.2 Å². The second-order valence-corrected chi connectivity index (χ2v) is 24.3. The maximum absolute atomic E-state index is 13.1. The monoisotopic (exact) mass is 1130 g/mol. The predicted octanol–water partition coefficient (Wildman–Crippen LogP) is 12.8. The molecule has 2 rings (SSSR count). The molecule has 0 aliphatic carbocycles. The van der Waals surface area contributed by atoms with Crippen LogP contribution in [0.15, 0.2) is 0 Å². The number of unbranched alkanes of at least 4 members (excludes halogenated alkanes) is 43. The van der Waals surface area contributed by atoms with Crippen LogP contribution in [0.25, 0.3) is 0 Å². The molecular formula is C65H127NO13. The lowest BCUT2D eigenvalue weighted by molar-refractivity contribution is -0.359. The molecule has 14 heteroatoms.